The third-order valence-corrected chi connectivity index (χ3v) is 3.18. The SMILES string of the molecule is COc1ccc(Oc2ccc(Br)cc2C(F)(F)F)c(N)c1. The second-order valence-electron chi connectivity index (χ2n) is 4.14. The van der Waals surface area contributed by atoms with Gasteiger partial charge < -0.3 is 15.2 Å². The maximum Gasteiger partial charge on any atom is 0.420 e. The van der Waals surface area contributed by atoms with Crippen LogP contribution in [0.3, 0.4) is 0 Å². The van der Waals surface area contributed by atoms with Crippen LogP contribution in [0.1, 0.15) is 5.56 Å². The third kappa shape index (κ3) is 3.60. The number of halogens is 4. The smallest absolute Gasteiger partial charge is 0.420 e. The van der Waals surface area contributed by atoms with E-state index in [9.17, 15) is 13.2 Å². The summed E-state index contributed by atoms with van der Waals surface area (Å²) >= 11 is 3.01. The second-order valence-corrected chi connectivity index (χ2v) is 5.06. The van der Waals surface area contributed by atoms with Gasteiger partial charge in [0.1, 0.15) is 11.5 Å². The van der Waals surface area contributed by atoms with Crippen LogP contribution in [0.5, 0.6) is 17.2 Å². The van der Waals surface area contributed by atoms with Gasteiger partial charge in [-0.3, -0.25) is 0 Å². The molecule has 0 saturated carbocycles. The predicted octanol–water partition coefficient (Wildman–Crippen LogP) is 4.85. The first kappa shape index (κ1) is 15.5. The van der Waals surface area contributed by atoms with Crippen molar-refractivity contribution in [3.05, 3.63) is 46.4 Å². The molecule has 2 rings (SSSR count). The number of benzene rings is 2. The van der Waals surface area contributed by atoms with Gasteiger partial charge in [0.05, 0.1) is 18.4 Å². The molecule has 0 aliphatic heterocycles. The molecule has 0 unspecified atom stereocenters. The van der Waals surface area contributed by atoms with Crippen molar-refractivity contribution in [2.24, 2.45) is 0 Å². The van der Waals surface area contributed by atoms with E-state index >= 15 is 0 Å². The largest absolute Gasteiger partial charge is 0.497 e. The van der Waals surface area contributed by atoms with Crippen molar-refractivity contribution in [3.63, 3.8) is 0 Å². The Morgan fingerprint density at radius 3 is 2.29 bits per heavy atom. The third-order valence-electron chi connectivity index (χ3n) is 2.68. The lowest BCUT2D eigenvalue weighted by Gasteiger charge is -2.15. The Morgan fingerprint density at radius 2 is 1.71 bits per heavy atom. The van der Waals surface area contributed by atoms with Crippen molar-refractivity contribution in [1.29, 1.82) is 0 Å². The lowest BCUT2D eigenvalue weighted by molar-refractivity contribution is -0.138. The molecular weight excluding hydrogens is 351 g/mol. The summed E-state index contributed by atoms with van der Waals surface area (Å²) in [5.41, 5.74) is 5.04. The first-order valence-corrected chi connectivity index (χ1v) is 6.58. The zero-order chi connectivity index (χ0) is 15.6. The summed E-state index contributed by atoms with van der Waals surface area (Å²) in [6.45, 7) is 0. The summed E-state index contributed by atoms with van der Waals surface area (Å²) in [5, 5.41) is 0. The van der Waals surface area contributed by atoms with Crippen molar-refractivity contribution in [2.45, 2.75) is 6.18 Å². The number of hydrogen-bond donors (Lipinski definition) is 1. The van der Waals surface area contributed by atoms with Crippen LogP contribution < -0.4 is 15.2 Å². The highest BCUT2D eigenvalue weighted by atomic mass is 79.9. The summed E-state index contributed by atoms with van der Waals surface area (Å²) in [6.07, 6.45) is -4.53. The highest BCUT2D eigenvalue weighted by Crippen LogP contribution is 2.41. The Labute approximate surface area is 127 Å². The van der Waals surface area contributed by atoms with Gasteiger partial charge in [0.15, 0.2) is 5.75 Å². The lowest BCUT2D eigenvalue weighted by atomic mass is 10.2. The predicted molar refractivity (Wildman–Crippen MR) is 76.6 cm³/mol. The van der Waals surface area contributed by atoms with E-state index in [0.717, 1.165) is 6.07 Å². The molecule has 2 N–H and O–H groups in total. The standard InChI is InChI=1S/C14H11BrF3NO2/c1-20-9-3-5-13(11(19)7-9)21-12-4-2-8(15)6-10(12)14(16,17)18/h2-7H,19H2,1H3. The summed E-state index contributed by atoms with van der Waals surface area (Å²) in [4.78, 5) is 0. The summed E-state index contributed by atoms with van der Waals surface area (Å²) < 4.78 is 49.6. The Morgan fingerprint density at radius 1 is 1.05 bits per heavy atom. The molecule has 0 bridgehead atoms. The minimum absolute atomic E-state index is 0.128. The molecule has 0 aliphatic rings. The maximum atomic E-state index is 13.0. The molecule has 0 spiro atoms. The van der Waals surface area contributed by atoms with Crippen LogP contribution in [0.2, 0.25) is 0 Å². The van der Waals surface area contributed by atoms with Crippen molar-refractivity contribution in [2.75, 3.05) is 12.8 Å². The molecule has 0 aliphatic carbocycles. The van der Waals surface area contributed by atoms with E-state index in [-0.39, 0.29) is 17.2 Å². The molecule has 2 aromatic carbocycles. The van der Waals surface area contributed by atoms with Crippen molar-refractivity contribution < 1.29 is 22.6 Å². The van der Waals surface area contributed by atoms with Crippen LogP contribution in [0.25, 0.3) is 0 Å². The van der Waals surface area contributed by atoms with Crippen molar-refractivity contribution in [1.82, 2.24) is 0 Å². The highest BCUT2D eigenvalue weighted by Gasteiger charge is 2.34. The number of methoxy groups -OCH3 is 1. The van der Waals surface area contributed by atoms with Crippen LogP contribution >= 0.6 is 15.9 Å². The van der Waals surface area contributed by atoms with Gasteiger partial charge in [0.25, 0.3) is 0 Å². The minimum atomic E-state index is -4.53. The number of nitrogens with two attached hydrogens (primary N) is 1. The van der Waals surface area contributed by atoms with E-state index in [1.54, 1.807) is 6.07 Å². The number of rotatable bonds is 3. The first-order chi connectivity index (χ1) is 9.81. The Hall–Kier alpha value is -1.89. The van der Waals surface area contributed by atoms with Gasteiger partial charge in [-0.25, -0.2) is 0 Å². The van der Waals surface area contributed by atoms with Gasteiger partial charge in [-0.05, 0) is 30.3 Å². The van der Waals surface area contributed by atoms with Crippen molar-refractivity contribution in [3.8, 4) is 17.2 Å². The Bertz CT molecular complexity index is 659. The van der Waals surface area contributed by atoms with Crippen LogP contribution in [0.15, 0.2) is 40.9 Å². The topological polar surface area (TPSA) is 44.5 Å². The Kier molecular flexibility index (Phi) is 4.32. The van der Waals surface area contributed by atoms with Gasteiger partial charge in [-0.1, -0.05) is 15.9 Å². The molecule has 0 atom stereocenters. The van der Waals surface area contributed by atoms with Gasteiger partial charge in [-0.15, -0.1) is 0 Å². The van der Waals surface area contributed by atoms with E-state index in [4.69, 9.17) is 15.2 Å². The zero-order valence-electron chi connectivity index (χ0n) is 10.9. The molecule has 0 fully saturated rings. The molecule has 7 heteroatoms. The van der Waals surface area contributed by atoms with E-state index in [0.29, 0.717) is 10.2 Å². The lowest BCUT2D eigenvalue weighted by Crippen LogP contribution is -2.07. The zero-order valence-corrected chi connectivity index (χ0v) is 12.5. The fourth-order valence-corrected chi connectivity index (χ4v) is 2.04. The van der Waals surface area contributed by atoms with Crippen LogP contribution in [0, 0.1) is 0 Å². The fraction of sp³-hybridized carbons (Fsp3) is 0.143. The number of hydrogen-bond acceptors (Lipinski definition) is 3. The second kappa shape index (κ2) is 5.85. The number of nitrogen functional groups attached to an aromatic ring is 1. The van der Waals surface area contributed by atoms with Gasteiger partial charge in [0, 0.05) is 10.5 Å². The molecule has 0 radical (unpaired) electrons. The molecule has 0 saturated heterocycles. The number of anilines is 1. The van der Waals surface area contributed by atoms with Gasteiger partial charge >= 0.3 is 6.18 Å². The normalized spacial score (nSPS) is 11.3. The molecule has 0 amide bonds. The molecular formula is C14H11BrF3NO2. The average molecular weight is 362 g/mol. The van der Waals surface area contributed by atoms with Crippen LogP contribution in [-0.4, -0.2) is 7.11 Å². The fourth-order valence-electron chi connectivity index (χ4n) is 1.68. The first-order valence-electron chi connectivity index (χ1n) is 5.79. The molecule has 112 valence electrons. The van der Waals surface area contributed by atoms with E-state index in [1.807, 2.05) is 0 Å². The maximum absolute atomic E-state index is 13.0. The molecule has 21 heavy (non-hydrogen) atoms. The Balaban J connectivity index is 2.40. The minimum Gasteiger partial charge on any atom is -0.497 e. The van der Waals surface area contributed by atoms with E-state index < -0.39 is 11.7 Å². The van der Waals surface area contributed by atoms with Gasteiger partial charge in [-0.2, -0.15) is 13.2 Å². The van der Waals surface area contributed by atoms with Gasteiger partial charge in [0.2, 0.25) is 0 Å². The summed E-state index contributed by atoms with van der Waals surface area (Å²) in [7, 11) is 1.46. The van der Waals surface area contributed by atoms with Crippen LogP contribution in [-0.2, 0) is 6.18 Å². The molecule has 0 aromatic heterocycles. The van der Waals surface area contributed by atoms with Crippen LogP contribution in [0.4, 0.5) is 18.9 Å². The quantitative estimate of drug-likeness (QED) is 0.794. The van der Waals surface area contributed by atoms with E-state index in [1.165, 1.54) is 31.4 Å². The highest BCUT2D eigenvalue weighted by molar-refractivity contribution is 9.10. The van der Waals surface area contributed by atoms with E-state index in [2.05, 4.69) is 15.9 Å². The monoisotopic (exact) mass is 361 g/mol. The summed E-state index contributed by atoms with van der Waals surface area (Å²) in [5.74, 6) is 0.304. The number of ether oxygens (including phenoxy) is 2. The number of alkyl halides is 3. The van der Waals surface area contributed by atoms with Crippen molar-refractivity contribution >= 4 is 21.6 Å². The molecule has 3 nitrogen and oxygen atoms in total. The molecule has 2 aromatic rings. The summed E-state index contributed by atoms with van der Waals surface area (Å²) in [6, 6.07) is 8.13. The average Bonchev–Trinajstić information content (AvgIpc) is 2.41. The molecule has 0 heterocycles.